The molecule has 0 aliphatic carbocycles. The van der Waals surface area contributed by atoms with E-state index >= 15 is 0 Å². The van der Waals surface area contributed by atoms with Crippen LogP contribution >= 0.6 is 0 Å². The quantitative estimate of drug-likeness (QED) is 0.866. The number of carbonyl (C=O) groups is 2. The number of nitrogens with one attached hydrogen (secondary N) is 1. The van der Waals surface area contributed by atoms with E-state index in [0.29, 0.717) is 31.1 Å². The average molecular weight is 356 g/mol. The van der Waals surface area contributed by atoms with Crippen molar-refractivity contribution in [2.24, 2.45) is 5.92 Å². The van der Waals surface area contributed by atoms with Crippen LogP contribution in [0.25, 0.3) is 0 Å². The van der Waals surface area contributed by atoms with Crippen molar-refractivity contribution >= 4 is 17.5 Å². The molecule has 1 unspecified atom stereocenters. The van der Waals surface area contributed by atoms with Crippen molar-refractivity contribution in [3.05, 3.63) is 59.9 Å². The summed E-state index contributed by atoms with van der Waals surface area (Å²) in [6.07, 6.45) is 0.162. The highest BCUT2D eigenvalue weighted by Gasteiger charge is 2.36. The van der Waals surface area contributed by atoms with Crippen LogP contribution in [-0.2, 0) is 16.1 Å². The Morgan fingerprint density at radius 3 is 2.69 bits per heavy atom. The highest BCUT2D eigenvalue weighted by atomic mass is 19.1. The van der Waals surface area contributed by atoms with Gasteiger partial charge in [0.05, 0.1) is 18.2 Å². The maximum absolute atomic E-state index is 12.9. The van der Waals surface area contributed by atoms with E-state index < -0.39 is 5.92 Å². The molecular formula is C20H21FN2O3. The number of hydrogen-bond acceptors (Lipinski definition) is 3. The van der Waals surface area contributed by atoms with Crippen LogP contribution in [0.4, 0.5) is 10.1 Å². The third kappa shape index (κ3) is 4.02. The molecule has 2 aromatic carbocycles. The molecule has 2 aromatic rings. The van der Waals surface area contributed by atoms with Crippen molar-refractivity contribution in [2.45, 2.75) is 19.9 Å². The van der Waals surface area contributed by atoms with E-state index in [-0.39, 0.29) is 24.1 Å². The van der Waals surface area contributed by atoms with Gasteiger partial charge in [-0.2, -0.15) is 0 Å². The second-order valence-corrected chi connectivity index (χ2v) is 6.15. The number of benzene rings is 2. The normalized spacial score (nSPS) is 16.6. The van der Waals surface area contributed by atoms with Crippen molar-refractivity contribution < 1.29 is 18.7 Å². The molecule has 1 fully saturated rings. The number of para-hydroxylation sites is 2. The van der Waals surface area contributed by atoms with Crippen molar-refractivity contribution in [2.75, 3.05) is 18.1 Å². The van der Waals surface area contributed by atoms with Gasteiger partial charge in [0, 0.05) is 19.5 Å². The predicted molar refractivity (Wildman–Crippen MR) is 96.3 cm³/mol. The van der Waals surface area contributed by atoms with Gasteiger partial charge < -0.3 is 15.0 Å². The van der Waals surface area contributed by atoms with Gasteiger partial charge >= 0.3 is 0 Å². The summed E-state index contributed by atoms with van der Waals surface area (Å²) in [7, 11) is 0. The molecule has 6 heteroatoms. The van der Waals surface area contributed by atoms with Crippen LogP contribution in [0.1, 0.15) is 18.9 Å². The van der Waals surface area contributed by atoms with Gasteiger partial charge in [-0.25, -0.2) is 4.39 Å². The molecule has 1 N–H and O–H groups in total. The predicted octanol–water partition coefficient (Wildman–Crippen LogP) is 2.89. The van der Waals surface area contributed by atoms with Crippen molar-refractivity contribution in [1.82, 2.24) is 5.32 Å². The highest BCUT2D eigenvalue weighted by molar-refractivity contribution is 6.01. The second kappa shape index (κ2) is 7.99. The van der Waals surface area contributed by atoms with E-state index in [9.17, 15) is 14.0 Å². The lowest BCUT2D eigenvalue weighted by Gasteiger charge is -2.20. The third-order valence-electron chi connectivity index (χ3n) is 4.33. The van der Waals surface area contributed by atoms with Gasteiger partial charge in [-0.3, -0.25) is 9.59 Å². The standard InChI is InChI=1S/C20H21FN2O3/c1-2-26-18-6-4-3-5-17(18)23-13-15(11-19(23)24)20(25)22-12-14-7-9-16(21)10-8-14/h3-10,15H,2,11-13H2,1H3,(H,22,25). The molecule has 136 valence electrons. The number of rotatable bonds is 6. The first kappa shape index (κ1) is 17.9. The summed E-state index contributed by atoms with van der Waals surface area (Å²) < 4.78 is 18.5. The largest absolute Gasteiger partial charge is 0.492 e. The molecule has 0 spiro atoms. The van der Waals surface area contributed by atoms with Gasteiger partial charge in [-0.05, 0) is 36.8 Å². The second-order valence-electron chi connectivity index (χ2n) is 6.15. The minimum absolute atomic E-state index is 0.0981. The molecule has 0 aromatic heterocycles. The van der Waals surface area contributed by atoms with E-state index in [2.05, 4.69) is 5.32 Å². The summed E-state index contributed by atoms with van der Waals surface area (Å²) >= 11 is 0. The number of anilines is 1. The maximum Gasteiger partial charge on any atom is 0.227 e. The average Bonchev–Trinajstić information content (AvgIpc) is 3.03. The van der Waals surface area contributed by atoms with Crippen LogP contribution in [0.5, 0.6) is 5.75 Å². The first-order valence-corrected chi connectivity index (χ1v) is 8.63. The van der Waals surface area contributed by atoms with E-state index in [1.165, 1.54) is 12.1 Å². The molecule has 0 saturated carbocycles. The van der Waals surface area contributed by atoms with Crippen LogP contribution in [0.2, 0.25) is 0 Å². The van der Waals surface area contributed by atoms with Gasteiger partial charge in [0.1, 0.15) is 11.6 Å². The minimum Gasteiger partial charge on any atom is -0.492 e. The first-order valence-electron chi connectivity index (χ1n) is 8.63. The number of halogens is 1. The zero-order valence-corrected chi connectivity index (χ0v) is 14.6. The summed E-state index contributed by atoms with van der Waals surface area (Å²) in [6, 6.07) is 13.3. The fourth-order valence-corrected chi connectivity index (χ4v) is 3.01. The topological polar surface area (TPSA) is 58.6 Å². The fraction of sp³-hybridized carbons (Fsp3) is 0.300. The SMILES string of the molecule is CCOc1ccccc1N1CC(C(=O)NCc2ccc(F)cc2)CC1=O. The molecule has 2 amide bonds. The van der Waals surface area contributed by atoms with Gasteiger partial charge in [0.25, 0.3) is 0 Å². The minimum atomic E-state index is -0.419. The van der Waals surface area contributed by atoms with Crippen LogP contribution in [0, 0.1) is 11.7 Å². The Labute approximate surface area is 151 Å². The van der Waals surface area contributed by atoms with E-state index in [0.717, 1.165) is 5.56 Å². The number of carbonyl (C=O) groups excluding carboxylic acids is 2. The lowest BCUT2D eigenvalue weighted by molar-refractivity contribution is -0.126. The monoisotopic (exact) mass is 356 g/mol. The fourth-order valence-electron chi connectivity index (χ4n) is 3.01. The Hall–Kier alpha value is -2.89. The molecular weight excluding hydrogens is 335 g/mol. The molecule has 3 rings (SSSR count). The smallest absolute Gasteiger partial charge is 0.227 e. The van der Waals surface area contributed by atoms with Crippen LogP contribution in [-0.4, -0.2) is 25.0 Å². The number of ether oxygens (including phenoxy) is 1. The lowest BCUT2D eigenvalue weighted by atomic mass is 10.1. The van der Waals surface area contributed by atoms with E-state index in [4.69, 9.17) is 4.74 Å². The Morgan fingerprint density at radius 2 is 1.96 bits per heavy atom. The van der Waals surface area contributed by atoms with Crippen molar-refractivity contribution in [3.63, 3.8) is 0 Å². The zero-order chi connectivity index (χ0) is 18.5. The molecule has 1 aliphatic rings. The third-order valence-corrected chi connectivity index (χ3v) is 4.33. The summed E-state index contributed by atoms with van der Waals surface area (Å²) in [5, 5.41) is 2.82. The summed E-state index contributed by atoms with van der Waals surface area (Å²) in [5.41, 5.74) is 1.50. The molecule has 0 radical (unpaired) electrons. The Balaban J connectivity index is 1.64. The van der Waals surface area contributed by atoms with E-state index in [1.54, 1.807) is 17.0 Å². The van der Waals surface area contributed by atoms with Gasteiger partial charge in [-0.15, -0.1) is 0 Å². The molecule has 1 atom stereocenters. The Bertz CT molecular complexity index is 792. The molecule has 1 saturated heterocycles. The number of nitrogens with zero attached hydrogens (tertiary/aromatic N) is 1. The molecule has 1 heterocycles. The summed E-state index contributed by atoms with van der Waals surface area (Å²) in [5.74, 6) is -0.378. The zero-order valence-electron chi connectivity index (χ0n) is 14.6. The van der Waals surface area contributed by atoms with Crippen LogP contribution in [0.15, 0.2) is 48.5 Å². The highest BCUT2D eigenvalue weighted by Crippen LogP contribution is 2.33. The molecule has 0 bridgehead atoms. The van der Waals surface area contributed by atoms with Gasteiger partial charge in [0.15, 0.2) is 0 Å². The first-order chi connectivity index (χ1) is 12.6. The number of hydrogen-bond donors (Lipinski definition) is 1. The molecule has 26 heavy (non-hydrogen) atoms. The van der Waals surface area contributed by atoms with E-state index in [1.807, 2.05) is 31.2 Å². The summed E-state index contributed by atoms with van der Waals surface area (Å²) in [6.45, 7) is 3.01. The van der Waals surface area contributed by atoms with Crippen molar-refractivity contribution in [3.8, 4) is 5.75 Å². The van der Waals surface area contributed by atoms with Gasteiger partial charge in [-0.1, -0.05) is 24.3 Å². The molecule has 1 aliphatic heterocycles. The Kier molecular flexibility index (Phi) is 5.51. The van der Waals surface area contributed by atoms with Gasteiger partial charge in [0.2, 0.25) is 11.8 Å². The Morgan fingerprint density at radius 1 is 1.23 bits per heavy atom. The van der Waals surface area contributed by atoms with Crippen LogP contribution < -0.4 is 15.0 Å². The maximum atomic E-state index is 12.9. The molecule has 5 nitrogen and oxygen atoms in total. The summed E-state index contributed by atoms with van der Waals surface area (Å²) in [4.78, 5) is 26.4. The lowest BCUT2D eigenvalue weighted by Crippen LogP contribution is -2.32. The number of amides is 2. The van der Waals surface area contributed by atoms with Crippen LogP contribution in [0.3, 0.4) is 0 Å². The van der Waals surface area contributed by atoms with Crippen molar-refractivity contribution in [1.29, 1.82) is 0 Å².